The van der Waals surface area contributed by atoms with Crippen molar-refractivity contribution >= 4 is 11.9 Å². The van der Waals surface area contributed by atoms with Crippen molar-refractivity contribution < 1.29 is 23.8 Å². The molecule has 0 bridgehead atoms. The van der Waals surface area contributed by atoms with Crippen LogP contribution in [0.1, 0.15) is 38.8 Å². The third-order valence-corrected chi connectivity index (χ3v) is 4.24. The summed E-state index contributed by atoms with van der Waals surface area (Å²) in [6.45, 7) is 9.72. The quantitative estimate of drug-likeness (QED) is 0.740. The molecular weight excluding hydrogens is 346 g/mol. The lowest BCUT2D eigenvalue weighted by atomic mass is 9.94. The summed E-state index contributed by atoms with van der Waals surface area (Å²) in [5.74, 6) is -1.02. The second-order valence-electron chi connectivity index (χ2n) is 6.32. The van der Waals surface area contributed by atoms with Crippen molar-refractivity contribution in [1.82, 2.24) is 5.32 Å². The Morgan fingerprint density at radius 2 is 1.37 bits per heavy atom. The molecule has 0 fully saturated rings. The Kier molecular flexibility index (Phi) is 7.19. The van der Waals surface area contributed by atoms with Gasteiger partial charge in [-0.3, -0.25) is 0 Å². The molecule has 1 aliphatic rings. The fourth-order valence-electron chi connectivity index (χ4n) is 2.92. The Labute approximate surface area is 160 Å². The van der Waals surface area contributed by atoms with Crippen molar-refractivity contribution in [3.05, 3.63) is 57.9 Å². The molecule has 0 saturated carbocycles. The molecule has 2 rings (SSSR count). The van der Waals surface area contributed by atoms with E-state index in [1.807, 2.05) is 31.2 Å². The third-order valence-electron chi connectivity index (χ3n) is 4.24. The van der Waals surface area contributed by atoms with Crippen LogP contribution in [0.5, 0.6) is 0 Å². The van der Waals surface area contributed by atoms with E-state index in [4.69, 9.17) is 14.2 Å². The minimum Gasteiger partial charge on any atom is -0.462 e. The highest BCUT2D eigenvalue weighted by Gasteiger charge is 2.37. The topological polar surface area (TPSA) is 73.9 Å². The van der Waals surface area contributed by atoms with Crippen LogP contribution in [0.15, 0.2) is 46.8 Å². The van der Waals surface area contributed by atoms with E-state index in [2.05, 4.69) is 5.32 Å². The van der Waals surface area contributed by atoms with Crippen LogP contribution in [-0.4, -0.2) is 31.3 Å². The maximum absolute atomic E-state index is 12.5. The molecular formula is C21H27NO5. The fraction of sp³-hybridized carbons (Fsp3) is 0.429. The molecule has 0 aromatic heterocycles. The van der Waals surface area contributed by atoms with Crippen molar-refractivity contribution in [2.24, 2.45) is 0 Å². The van der Waals surface area contributed by atoms with Gasteiger partial charge in [-0.2, -0.15) is 0 Å². The summed E-state index contributed by atoms with van der Waals surface area (Å²) in [4.78, 5) is 25.1. The molecule has 6 nitrogen and oxygen atoms in total. The predicted octanol–water partition coefficient (Wildman–Crippen LogP) is 3.16. The molecule has 1 aromatic carbocycles. The molecule has 0 unspecified atom stereocenters. The molecule has 1 N–H and O–H groups in total. The molecule has 27 heavy (non-hydrogen) atoms. The van der Waals surface area contributed by atoms with E-state index in [1.165, 1.54) is 0 Å². The van der Waals surface area contributed by atoms with Crippen LogP contribution in [-0.2, 0) is 30.4 Å². The van der Waals surface area contributed by atoms with Crippen molar-refractivity contribution in [3.63, 3.8) is 0 Å². The summed E-state index contributed by atoms with van der Waals surface area (Å²) in [6, 6.07) is 7.89. The summed E-state index contributed by atoms with van der Waals surface area (Å²) in [7, 11) is 0. The van der Waals surface area contributed by atoms with E-state index in [0.717, 1.165) is 11.1 Å². The number of esters is 2. The van der Waals surface area contributed by atoms with Crippen LogP contribution in [0.25, 0.3) is 0 Å². The van der Waals surface area contributed by atoms with Crippen molar-refractivity contribution in [2.75, 3.05) is 13.2 Å². The van der Waals surface area contributed by atoms with Gasteiger partial charge in [0.15, 0.2) is 0 Å². The predicted molar refractivity (Wildman–Crippen MR) is 102 cm³/mol. The SMILES string of the molecule is CCOC(=O)C1=C(C)NC(C)=C(C(=O)OCC)C1OCc1ccc(C)cc1. The first kappa shape index (κ1) is 20.7. The van der Waals surface area contributed by atoms with E-state index >= 15 is 0 Å². The molecule has 0 radical (unpaired) electrons. The normalized spacial score (nSPS) is 14.9. The number of hydrogen-bond acceptors (Lipinski definition) is 6. The molecule has 0 spiro atoms. The van der Waals surface area contributed by atoms with Crippen LogP contribution in [0.2, 0.25) is 0 Å². The van der Waals surface area contributed by atoms with Gasteiger partial charge in [-0.05, 0) is 40.2 Å². The number of carbonyl (C=O) groups excluding carboxylic acids is 2. The van der Waals surface area contributed by atoms with Crippen LogP contribution in [0, 0.1) is 6.92 Å². The van der Waals surface area contributed by atoms with Gasteiger partial charge in [-0.1, -0.05) is 29.8 Å². The van der Waals surface area contributed by atoms with Crippen LogP contribution >= 0.6 is 0 Å². The summed E-state index contributed by atoms with van der Waals surface area (Å²) >= 11 is 0. The van der Waals surface area contributed by atoms with Crippen LogP contribution in [0.3, 0.4) is 0 Å². The maximum atomic E-state index is 12.5. The number of aryl methyl sites for hydroxylation is 1. The Hall–Kier alpha value is -2.60. The molecule has 146 valence electrons. The van der Waals surface area contributed by atoms with Crippen molar-refractivity contribution in [3.8, 4) is 0 Å². The first-order chi connectivity index (χ1) is 12.9. The number of carbonyl (C=O) groups is 2. The number of ether oxygens (including phenoxy) is 3. The highest BCUT2D eigenvalue weighted by Crippen LogP contribution is 2.29. The van der Waals surface area contributed by atoms with Gasteiger partial charge in [-0.15, -0.1) is 0 Å². The van der Waals surface area contributed by atoms with E-state index in [9.17, 15) is 9.59 Å². The van der Waals surface area contributed by atoms with Gasteiger partial charge >= 0.3 is 11.9 Å². The Morgan fingerprint density at radius 1 is 0.889 bits per heavy atom. The second kappa shape index (κ2) is 9.37. The summed E-state index contributed by atoms with van der Waals surface area (Å²) in [5, 5.41) is 3.07. The Balaban J connectivity index is 2.36. The Bertz CT molecular complexity index is 721. The van der Waals surface area contributed by atoms with E-state index in [0.29, 0.717) is 11.4 Å². The molecule has 1 heterocycles. The van der Waals surface area contributed by atoms with Gasteiger partial charge < -0.3 is 19.5 Å². The van der Waals surface area contributed by atoms with Gasteiger partial charge in [0.1, 0.15) is 6.10 Å². The number of dihydropyridines is 1. The van der Waals surface area contributed by atoms with Crippen LogP contribution in [0.4, 0.5) is 0 Å². The lowest BCUT2D eigenvalue weighted by Crippen LogP contribution is -2.38. The van der Waals surface area contributed by atoms with Gasteiger partial charge in [0.05, 0.1) is 31.0 Å². The number of rotatable bonds is 7. The van der Waals surface area contributed by atoms with Gasteiger partial charge in [0.2, 0.25) is 0 Å². The Morgan fingerprint density at radius 3 is 1.81 bits per heavy atom. The zero-order valence-electron chi connectivity index (χ0n) is 16.5. The minimum atomic E-state index is -0.856. The number of benzene rings is 1. The fourth-order valence-corrected chi connectivity index (χ4v) is 2.92. The first-order valence-corrected chi connectivity index (χ1v) is 9.08. The van der Waals surface area contributed by atoms with E-state index in [1.54, 1.807) is 27.7 Å². The molecule has 1 aromatic rings. The molecule has 0 amide bonds. The number of nitrogens with one attached hydrogen (secondary N) is 1. The number of allylic oxidation sites excluding steroid dienone is 2. The third kappa shape index (κ3) is 4.98. The van der Waals surface area contributed by atoms with Gasteiger partial charge in [-0.25, -0.2) is 9.59 Å². The average molecular weight is 373 g/mol. The lowest BCUT2D eigenvalue weighted by Gasteiger charge is -2.30. The average Bonchev–Trinajstić information content (AvgIpc) is 2.61. The highest BCUT2D eigenvalue weighted by atomic mass is 16.5. The lowest BCUT2D eigenvalue weighted by molar-refractivity contribution is -0.142. The molecule has 0 atom stereocenters. The summed E-state index contributed by atoms with van der Waals surface area (Å²) in [5.41, 5.74) is 3.88. The zero-order chi connectivity index (χ0) is 20.0. The molecule has 0 saturated heterocycles. The van der Waals surface area contributed by atoms with Crippen LogP contribution < -0.4 is 5.32 Å². The minimum absolute atomic E-state index is 0.234. The van der Waals surface area contributed by atoms with Crippen molar-refractivity contribution in [1.29, 1.82) is 0 Å². The smallest absolute Gasteiger partial charge is 0.338 e. The zero-order valence-corrected chi connectivity index (χ0v) is 16.5. The largest absolute Gasteiger partial charge is 0.462 e. The van der Waals surface area contributed by atoms with Gasteiger partial charge in [0.25, 0.3) is 0 Å². The highest BCUT2D eigenvalue weighted by molar-refractivity contribution is 5.98. The van der Waals surface area contributed by atoms with E-state index < -0.39 is 18.0 Å². The standard InChI is InChI=1S/C21H27NO5/c1-6-25-20(23)17-14(4)22-15(5)18(21(24)26-7-2)19(17)27-12-16-10-8-13(3)9-11-16/h8-11,19,22H,6-7,12H2,1-5H3. The summed E-state index contributed by atoms with van der Waals surface area (Å²) in [6.07, 6.45) is -0.856. The molecule has 6 heteroatoms. The van der Waals surface area contributed by atoms with Gasteiger partial charge in [0, 0.05) is 11.4 Å². The first-order valence-electron chi connectivity index (χ1n) is 9.08. The monoisotopic (exact) mass is 373 g/mol. The van der Waals surface area contributed by atoms with E-state index in [-0.39, 0.29) is 31.0 Å². The summed E-state index contributed by atoms with van der Waals surface area (Å²) < 4.78 is 16.4. The number of hydrogen-bond donors (Lipinski definition) is 1. The second-order valence-corrected chi connectivity index (χ2v) is 6.32. The molecule has 1 aliphatic heterocycles. The maximum Gasteiger partial charge on any atom is 0.338 e. The van der Waals surface area contributed by atoms with Crippen molar-refractivity contribution in [2.45, 2.75) is 47.3 Å². The molecule has 0 aliphatic carbocycles.